The molecule has 0 aliphatic heterocycles. The molecule has 0 aliphatic carbocycles. The fraction of sp³-hybridized carbons (Fsp3) is 0.0909. The molecule has 0 unspecified atom stereocenters. The number of aromatic nitrogens is 1. The van der Waals surface area contributed by atoms with E-state index in [1.54, 1.807) is 24.5 Å². The van der Waals surface area contributed by atoms with Crippen molar-refractivity contribution >= 4 is 34.2 Å². The van der Waals surface area contributed by atoms with E-state index in [1.807, 2.05) is 53.9 Å². The number of ether oxygens (including phenoxy) is 2. The molecule has 140 valence electrons. The number of rotatable bonds is 6. The average molecular weight is 391 g/mol. The van der Waals surface area contributed by atoms with Crippen LogP contribution in [-0.4, -0.2) is 18.1 Å². The molecule has 0 aliphatic rings. The maximum Gasteiger partial charge on any atom is 0.331 e. The summed E-state index contributed by atoms with van der Waals surface area (Å²) in [4.78, 5) is 17.3. The molecule has 0 saturated heterocycles. The quantitative estimate of drug-likeness (QED) is 0.329. The maximum absolute atomic E-state index is 12.0. The van der Waals surface area contributed by atoms with Gasteiger partial charge in [0.15, 0.2) is 0 Å². The van der Waals surface area contributed by atoms with Gasteiger partial charge in [-0.3, -0.25) is 0 Å². The SMILES string of the molecule is COc1ccc2cc(/C=C/C(=O)OCc3coc(-c4cccs4)n3)ccc2c1. The number of thiophene rings is 1. The van der Waals surface area contributed by atoms with Crippen LogP contribution in [0.1, 0.15) is 11.3 Å². The largest absolute Gasteiger partial charge is 0.497 e. The Bertz CT molecular complexity index is 1130. The van der Waals surface area contributed by atoms with E-state index >= 15 is 0 Å². The highest BCUT2D eigenvalue weighted by Gasteiger charge is 2.09. The second-order valence-electron chi connectivity index (χ2n) is 6.03. The highest BCUT2D eigenvalue weighted by atomic mass is 32.1. The number of nitrogens with zero attached hydrogens (tertiary/aromatic N) is 1. The number of benzene rings is 2. The van der Waals surface area contributed by atoms with Crippen LogP contribution in [0.4, 0.5) is 0 Å². The summed E-state index contributed by atoms with van der Waals surface area (Å²) >= 11 is 1.54. The van der Waals surface area contributed by atoms with Gasteiger partial charge in [-0.05, 0) is 52.1 Å². The normalized spacial score (nSPS) is 11.2. The second-order valence-corrected chi connectivity index (χ2v) is 6.98. The topological polar surface area (TPSA) is 61.6 Å². The van der Waals surface area contributed by atoms with Gasteiger partial charge in [0.05, 0.1) is 12.0 Å². The van der Waals surface area contributed by atoms with Crippen molar-refractivity contribution in [2.45, 2.75) is 6.61 Å². The molecule has 0 spiro atoms. The van der Waals surface area contributed by atoms with Crippen LogP contribution in [-0.2, 0) is 16.1 Å². The molecule has 0 amide bonds. The molecule has 0 radical (unpaired) electrons. The van der Waals surface area contributed by atoms with Crippen molar-refractivity contribution in [1.29, 1.82) is 0 Å². The van der Waals surface area contributed by atoms with E-state index in [9.17, 15) is 4.79 Å². The first-order chi connectivity index (χ1) is 13.7. The average Bonchev–Trinajstić information content (AvgIpc) is 3.41. The molecule has 0 saturated carbocycles. The van der Waals surface area contributed by atoms with E-state index < -0.39 is 5.97 Å². The molecule has 4 rings (SSSR count). The Kier molecular flexibility index (Phi) is 5.21. The van der Waals surface area contributed by atoms with Crippen molar-refractivity contribution in [3.63, 3.8) is 0 Å². The van der Waals surface area contributed by atoms with Crippen molar-refractivity contribution in [2.24, 2.45) is 0 Å². The molecule has 0 fully saturated rings. The van der Waals surface area contributed by atoms with Crippen LogP contribution in [0.3, 0.4) is 0 Å². The van der Waals surface area contributed by atoms with Crippen LogP contribution < -0.4 is 4.74 Å². The molecular weight excluding hydrogens is 374 g/mol. The zero-order valence-corrected chi connectivity index (χ0v) is 15.9. The molecule has 6 heteroatoms. The molecule has 2 aromatic carbocycles. The molecular formula is C22H17NO4S. The number of hydrogen-bond acceptors (Lipinski definition) is 6. The minimum atomic E-state index is -0.435. The van der Waals surface area contributed by atoms with Gasteiger partial charge in [0.2, 0.25) is 5.89 Å². The minimum absolute atomic E-state index is 0.0650. The van der Waals surface area contributed by atoms with Crippen molar-refractivity contribution in [3.05, 3.63) is 77.5 Å². The smallest absolute Gasteiger partial charge is 0.331 e. The predicted octanol–water partition coefficient (Wildman–Crippen LogP) is 5.32. The zero-order chi connectivity index (χ0) is 19.3. The summed E-state index contributed by atoms with van der Waals surface area (Å²) in [7, 11) is 1.64. The standard InChI is InChI=1S/C22H17NO4S/c1-25-19-8-7-16-11-15(4-6-17(16)12-19)5-9-21(24)26-13-18-14-27-22(23-18)20-3-2-10-28-20/h2-12,14H,13H2,1H3/b9-5+. The monoisotopic (exact) mass is 391 g/mol. The summed E-state index contributed by atoms with van der Waals surface area (Å²) in [5, 5.41) is 4.10. The Morgan fingerprint density at radius 1 is 1.18 bits per heavy atom. The highest BCUT2D eigenvalue weighted by Crippen LogP contribution is 2.24. The van der Waals surface area contributed by atoms with Gasteiger partial charge in [0.25, 0.3) is 0 Å². The second kappa shape index (κ2) is 8.10. The Labute approximate surface area is 165 Å². The summed E-state index contributed by atoms with van der Waals surface area (Å²) in [6.45, 7) is 0.0650. The lowest BCUT2D eigenvalue weighted by Gasteiger charge is -2.03. The number of carbonyl (C=O) groups excluding carboxylic acids is 1. The van der Waals surface area contributed by atoms with Crippen molar-refractivity contribution in [3.8, 4) is 16.5 Å². The summed E-state index contributed by atoms with van der Waals surface area (Å²) in [5.74, 6) is 0.911. The summed E-state index contributed by atoms with van der Waals surface area (Å²) in [6.07, 6.45) is 4.64. The van der Waals surface area contributed by atoms with Gasteiger partial charge >= 0.3 is 5.97 Å². The highest BCUT2D eigenvalue weighted by molar-refractivity contribution is 7.13. The first kappa shape index (κ1) is 18.0. The van der Waals surface area contributed by atoms with Crippen LogP contribution in [0.25, 0.3) is 27.6 Å². The van der Waals surface area contributed by atoms with Crippen LogP contribution in [0.2, 0.25) is 0 Å². The van der Waals surface area contributed by atoms with Gasteiger partial charge < -0.3 is 13.9 Å². The number of carbonyl (C=O) groups is 1. The van der Waals surface area contributed by atoms with Crippen LogP contribution in [0.15, 0.2) is 70.7 Å². The minimum Gasteiger partial charge on any atom is -0.497 e. The lowest BCUT2D eigenvalue weighted by molar-refractivity contribution is -0.139. The van der Waals surface area contributed by atoms with Crippen molar-refractivity contribution in [1.82, 2.24) is 4.98 Å². The fourth-order valence-electron chi connectivity index (χ4n) is 2.72. The van der Waals surface area contributed by atoms with E-state index in [1.165, 1.54) is 12.3 Å². The summed E-state index contributed by atoms with van der Waals surface area (Å²) in [6, 6.07) is 15.7. The Morgan fingerprint density at radius 2 is 2.04 bits per heavy atom. The third-order valence-corrected chi connectivity index (χ3v) is 4.99. The summed E-state index contributed by atoms with van der Waals surface area (Å²) in [5.41, 5.74) is 1.49. The Hall–Kier alpha value is -3.38. The molecule has 5 nitrogen and oxygen atoms in total. The van der Waals surface area contributed by atoms with Crippen molar-refractivity contribution in [2.75, 3.05) is 7.11 Å². The lowest BCUT2D eigenvalue weighted by atomic mass is 10.1. The van der Waals surface area contributed by atoms with Gasteiger partial charge in [0.1, 0.15) is 24.3 Å². The van der Waals surface area contributed by atoms with Gasteiger partial charge in [-0.1, -0.05) is 24.3 Å². The van der Waals surface area contributed by atoms with E-state index in [-0.39, 0.29) is 6.61 Å². The molecule has 2 aromatic heterocycles. The number of oxazole rings is 1. The first-order valence-electron chi connectivity index (χ1n) is 8.62. The third kappa shape index (κ3) is 4.13. The fourth-order valence-corrected chi connectivity index (χ4v) is 3.37. The van der Waals surface area contributed by atoms with Gasteiger partial charge in [-0.15, -0.1) is 11.3 Å². The molecule has 4 aromatic rings. The van der Waals surface area contributed by atoms with Gasteiger partial charge in [-0.2, -0.15) is 0 Å². The third-order valence-electron chi connectivity index (χ3n) is 4.13. The number of fused-ring (bicyclic) bond motifs is 1. The Balaban J connectivity index is 1.37. The van der Waals surface area contributed by atoms with Crippen LogP contribution in [0, 0.1) is 0 Å². The summed E-state index contributed by atoms with van der Waals surface area (Å²) < 4.78 is 15.9. The lowest BCUT2D eigenvalue weighted by Crippen LogP contribution is -2.00. The van der Waals surface area contributed by atoms with Gasteiger partial charge in [0, 0.05) is 6.08 Å². The van der Waals surface area contributed by atoms with Crippen molar-refractivity contribution < 1.29 is 18.7 Å². The molecule has 0 N–H and O–H groups in total. The molecule has 0 atom stereocenters. The van der Waals surface area contributed by atoms with E-state index in [4.69, 9.17) is 13.9 Å². The maximum atomic E-state index is 12.0. The number of esters is 1. The van der Waals surface area contributed by atoms with E-state index in [0.29, 0.717) is 11.6 Å². The Morgan fingerprint density at radius 3 is 2.86 bits per heavy atom. The van der Waals surface area contributed by atoms with E-state index in [2.05, 4.69) is 4.98 Å². The number of methoxy groups -OCH3 is 1. The van der Waals surface area contributed by atoms with E-state index in [0.717, 1.165) is 27.0 Å². The van der Waals surface area contributed by atoms with Crippen LogP contribution >= 0.6 is 11.3 Å². The number of hydrogen-bond donors (Lipinski definition) is 0. The first-order valence-corrected chi connectivity index (χ1v) is 9.50. The predicted molar refractivity (Wildman–Crippen MR) is 109 cm³/mol. The molecule has 28 heavy (non-hydrogen) atoms. The molecule has 2 heterocycles. The van der Waals surface area contributed by atoms with Gasteiger partial charge in [-0.25, -0.2) is 9.78 Å². The zero-order valence-electron chi connectivity index (χ0n) is 15.1. The molecule has 0 bridgehead atoms. The van der Waals surface area contributed by atoms with Crippen LogP contribution in [0.5, 0.6) is 5.75 Å².